The summed E-state index contributed by atoms with van der Waals surface area (Å²) in [7, 11) is 0. The predicted octanol–water partition coefficient (Wildman–Crippen LogP) is 4.39. The molecule has 2 aliphatic heterocycles. The first-order valence-electron chi connectivity index (χ1n) is 12.3. The largest absolute Gasteiger partial charge is 0.454 e. The fourth-order valence-corrected chi connectivity index (χ4v) is 4.55. The van der Waals surface area contributed by atoms with Gasteiger partial charge in [-0.1, -0.05) is 18.1 Å². The molecule has 39 heavy (non-hydrogen) atoms. The molecule has 0 saturated heterocycles. The van der Waals surface area contributed by atoms with E-state index in [0.29, 0.717) is 46.8 Å². The van der Waals surface area contributed by atoms with E-state index in [2.05, 4.69) is 17.2 Å². The normalized spacial score (nSPS) is 14.7. The molecule has 0 radical (unpaired) electrons. The zero-order valence-corrected chi connectivity index (χ0v) is 21.3. The molecule has 11 heteroatoms. The number of benzene rings is 2. The fourth-order valence-electron chi connectivity index (χ4n) is 4.55. The summed E-state index contributed by atoms with van der Waals surface area (Å²) >= 11 is 0. The Kier molecular flexibility index (Phi) is 6.95. The van der Waals surface area contributed by atoms with Crippen molar-refractivity contribution in [3.05, 3.63) is 80.8 Å². The lowest BCUT2D eigenvalue weighted by molar-refractivity contribution is -0.137. The molecule has 1 aromatic heterocycles. The second-order valence-corrected chi connectivity index (χ2v) is 9.21. The van der Waals surface area contributed by atoms with E-state index in [-0.39, 0.29) is 37.3 Å². The monoisotopic (exact) mass is 538 g/mol. The summed E-state index contributed by atoms with van der Waals surface area (Å²) in [5.74, 6) is 6.74. The van der Waals surface area contributed by atoms with E-state index in [4.69, 9.17) is 14.5 Å². The molecule has 5 rings (SSSR count). The summed E-state index contributed by atoms with van der Waals surface area (Å²) < 4.78 is 51.0. The van der Waals surface area contributed by atoms with Gasteiger partial charge < -0.3 is 19.7 Å². The minimum Gasteiger partial charge on any atom is -0.454 e. The van der Waals surface area contributed by atoms with Gasteiger partial charge in [-0.2, -0.15) is 13.2 Å². The van der Waals surface area contributed by atoms with Gasteiger partial charge in [0, 0.05) is 18.5 Å². The number of ether oxygens (including phenoxy) is 2. The molecule has 0 saturated carbocycles. The lowest BCUT2D eigenvalue weighted by Crippen LogP contribution is -2.41. The lowest BCUT2D eigenvalue weighted by Gasteiger charge is -2.29. The predicted molar refractivity (Wildman–Crippen MR) is 136 cm³/mol. The van der Waals surface area contributed by atoms with Crippen LogP contribution in [-0.4, -0.2) is 33.7 Å². The smallest absolute Gasteiger partial charge is 0.416 e. The molecule has 202 valence electrons. The molecule has 1 atom stereocenters. The van der Waals surface area contributed by atoms with Crippen molar-refractivity contribution in [2.24, 2.45) is 0 Å². The van der Waals surface area contributed by atoms with E-state index in [0.717, 1.165) is 12.1 Å². The molecule has 3 aromatic rings. The van der Waals surface area contributed by atoms with Crippen LogP contribution in [0.1, 0.15) is 52.6 Å². The van der Waals surface area contributed by atoms with Crippen molar-refractivity contribution in [1.29, 1.82) is 0 Å². The summed E-state index contributed by atoms with van der Waals surface area (Å²) in [4.78, 5) is 33.1. The highest BCUT2D eigenvalue weighted by molar-refractivity contribution is 5.95. The number of alkyl halides is 3. The van der Waals surface area contributed by atoms with Gasteiger partial charge >= 0.3 is 6.18 Å². The Labute approximate surface area is 222 Å². The van der Waals surface area contributed by atoms with Crippen LogP contribution in [0.3, 0.4) is 0 Å². The van der Waals surface area contributed by atoms with E-state index in [1.807, 2.05) is 0 Å². The van der Waals surface area contributed by atoms with Crippen LogP contribution in [0, 0.1) is 11.8 Å². The summed E-state index contributed by atoms with van der Waals surface area (Å²) in [5.41, 5.74) is 0.937. The van der Waals surface area contributed by atoms with Gasteiger partial charge in [-0.25, -0.2) is 4.98 Å². The van der Waals surface area contributed by atoms with Gasteiger partial charge in [0.05, 0.1) is 36.0 Å². The van der Waals surface area contributed by atoms with E-state index >= 15 is 0 Å². The number of carbonyl (C=O) groups is 1. The zero-order valence-electron chi connectivity index (χ0n) is 21.3. The van der Waals surface area contributed by atoms with Gasteiger partial charge in [-0.3, -0.25) is 14.2 Å². The third-order valence-corrected chi connectivity index (χ3v) is 6.72. The topological polar surface area (TPSA) is 85.7 Å². The maximum atomic E-state index is 13.6. The Bertz CT molecular complexity index is 1540. The Morgan fingerprint density at radius 2 is 1.90 bits per heavy atom. The van der Waals surface area contributed by atoms with E-state index in [9.17, 15) is 22.8 Å². The van der Waals surface area contributed by atoms with Crippen LogP contribution in [0.4, 0.5) is 19.1 Å². The summed E-state index contributed by atoms with van der Waals surface area (Å²) in [6, 6.07) is 9.37. The molecule has 0 unspecified atom stereocenters. The highest BCUT2D eigenvalue weighted by atomic mass is 19.4. The van der Waals surface area contributed by atoms with Crippen LogP contribution in [0.15, 0.2) is 47.3 Å². The minimum absolute atomic E-state index is 0.0633. The maximum Gasteiger partial charge on any atom is 0.416 e. The van der Waals surface area contributed by atoms with Crippen molar-refractivity contribution in [3.8, 4) is 23.3 Å². The van der Waals surface area contributed by atoms with Crippen LogP contribution in [-0.2, 0) is 25.7 Å². The van der Waals surface area contributed by atoms with Gasteiger partial charge in [-0.05, 0) is 49.7 Å². The summed E-state index contributed by atoms with van der Waals surface area (Å²) in [6.45, 7) is 4.04. The molecule has 1 N–H and O–H groups in total. The number of nitrogens with zero attached hydrogens (tertiary/aromatic N) is 3. The van der Waals surface area contributed by atoms with Crippen molar-refractivity contribution in [2.75, 3.05) is 18.7 Å². The SMILES string of the molecule is CC#CCn1c(N[C@H](C)c2ccc(C(F)(F)F)cc2)nc2c(c1=O)CN(C(=O)c1ccc3c(c1)OCO3)CC2. The third-order valence-electron chi connectivity index (χ3n) is 6.72. The first-order chi connectivity index (χ1) is 18.7. The molecule has 0 bridgehead atoms. The number of anilines is 1. The van der Waals surface area contributed by atoms with Crippen molar-refractivity contribution in [3.63, 3.8) is 0 Å². The summed E-state index contributed by atoms with van der Waals surface area (Å²) in [6.07, 6.45) is -4.06. The van der Waals surface area contributed by atoms with Crippen LogP contribution >= 0.6 is 0 Å². The fraction of sp³-hybridized carbons (Fsp3) is 0.321. The van der Waals surface area contributed by atoms with Gasteiger partial charge in [0.15, 0.2) is 11.5 Å². The van der Waals surface area contributed by atoms with Gasteiger partial charge in [-0.15, -0.1) is 5.92 Å². The van der Waals surface area contributed by atoms with Gasteiger partial charge in [0.1, 0.15) is 0 Å². The Morgan fingerprint density at radius 1 is 1.15 bits per heavy atom. The molecule has 8 nitrogen and oxygen atoms in total. The highest BCUT2D eigenvalue weighted by Gasteiger charge is 2.31. The van der Waals surface area contributed by atoms with Crippen LogP contribution in [0.2, 0.25) is 0 Å². The van der Waals surface area contributed by atoms with Crippen molar-refractivity contribution in [1.82, 2.24) is 14.5 Å². The van der Waals surface area contributed by atoms with Gasteiger partial charge in [0.25, 0.3) is 11.5 Å². The second-order valence-electron chi connectivity index (χ2n) is 9.21. The standard InChI is InChI=1S/C28H25F3N4O4/c1-3-4-12-35-26(37)21-15-34(25(36)19-7-10-23-24(14-19)39-16-38-23)13-11-22(21)33-27(35)32-17(2)18-5-8-20(9-6-18)28(29,30)31/h5-10,14,17H,11-13,15-16H2,1-2H3,(H,32,33)/t17-/m1/s1. The first kappa shape index (κ1) is 26.2. The number of fused-ring (bicyclic) bond motifs is 2. The number of hydrogen-bond donors (Lipinski definition) is 1. The quantitative estimate of drug-likeness (QED) is 0.486. The number of carbonyl (C=O) groups excluding carboxylic acids is 1. The highest BCUT2D eigenvalue weighted by Crippen LogP contribution is 2.33. The average molecular weight is 539 g/mol. The molecular formula is C28H25F3N4O4. The molecule has 0 fully saturated rings. The van der Waals surface area contributed by atoms with Gasteiger partial charge in [0.2, 0.25) is 12.7 Å². The number of amides is 1. The van der Waals surface area contributed by atoms with Crippen LogP contribution < -0.4 is 20.3 Å². The van der Waals surface area contributed by atoms with E-state index < -0.39 is 17.8 Å². The van der Waals surface area contributed by atoms with Crippen LogP contribution in [0.5, 0.6) is 11.5 Å². The molecule has 1 amide bonds. The van der Waals surface area contributed by atoms with Crippen molar-refractivity contribution in [2.45, 2.75) is 45.6 Å². The molecule has 0 aliphatic carbocycles. The molecule has 2 aliphatic rings. The minimum atomic E-state index is -4.42. The van der Waals surface area contributed by atoms with E-state index in [1.54, 1.807) is 36.9 Å². The number of halogens is 3. The second kappa shape index (κ2) is 10.4. The molecular weight excluding hydrogens is 513 g/mol. The average Bonchev–Trinajstić information content (AvgIpc) is 3.40. The molecule has 3 heterocycles. The number of rotatable bonds is 5. The molecule has 2 aromatic carbocycles. The number of nitrogens with one attached hydrogen (secondary N) is 1. The maximum absolute atomic E-state index is 13.6. The molecule has 0 spiro atoms. The first-order valence-corrected chi connectivity index (χ1v) is 12.3. The summed E-state index contributed by atoms with van der Waals surface area (Å²) in [5, 5.41) is 3.17. The number of aromatic nitrogens is 2. The Morgan fingerprint density at radius 3 is 2.62 bits per heavy atom. The Hall–Kier alpha value is -4.46. The van der Waals surface area contributed by atoms with Crippen molar-refractivity contribution < 1.29 is 27.4 Å². The zero-order chi connectivity index (χ0) is 27.7. The van der Waals surface area contributed by atoms with Crippen molar-refractivity contribution >= 4 is 11.9 Å². The van der Waals surface area contributed by atoms with Crippen LogP contribution in [0.25, 0.3) is 0 Å². The lowest BCUT2D eigenvalue weighted by atomic mass is 10.0. The van der Waals surface area contributed by atoms with E-state index in [1.165, 1.54) is 16.7 Å². The Balaban J connectivity index is 1.41. The third kappa shape index (κ3) is 5.27. The number of hydrogen-bond acceptors (Lipinski definition) is 6.